The summed E-state index contributed by atoms with van der Waals surface area (Å²) in [6.07, 6.45) is 5.02. The van der Waals surface area contributed by atoms with Gasteiger partial charge in [-0.1, -0.05) is 80.4 Å². The maximum absolute atomic E-state index is 4.44. The maximum Gasteiger partial charge on any atom is 0.130 e. The Kier molecular flexibility index (Phi) is 4.17. The molecule has 0 atom stereocenters. The van der Waals surface area contributed by atoms with E-state index < -0.39 is 8.24 Å². The van der Waals surface area contributed by atoms with E-state index in [2.05, 4.69) is 106 Å². The predicted octanol–water partition coefficient (Wildman–Crippen LogP) is 6.51. The van der Waals surface area contributed by atoms with Crippen molar-refractivity contribution in [3.8, 4) is 0 Å². The van der Waals surface area contributed by atoms with Crippen molar-refractivity contribution in [2.45, 2.75) is 44.9 Å². The van der Waals surface area contributed by atoms with Gasteiger partial charge in [0.25, 0.3) is 0 Å². The van der Waals surface area contributed by atoms with Crippen molar-refractivity contribution in [1.29, 1.82) is 0 Å². The Bertz CT molecular complexity index is 920. The van der Waals surface area contributed by atoms with Crippen LogP contribution < -0.4 is 4.98 Å². The molecule has 2 aromatic rings. The Balaban J connectivity index is 1.91. The number of allylic oxidation sites excluding steroid dienone is 4. The fraction of sp³-hybridized carbons (Fsp3) is 0.280. The van der Waals surface area contributed by atoms with Gasteiger partial charge in [-0.25, -0.2) is 0 Å². The van der Waals surface area contributed by atoms with E-state index in [-0.39, 0.29) is 5.54 Å². The van der Waals surface area contributed by atoms with Gasteiger partial charge in [0.1, 0.15) is 8.24 Å². The zero-order chi connectivity index (χ0) is 19.4. The van der Waals surface area contributed by atoms with Gasteiger partial charge in [-0.15, -0.1) is 0 Å². The molecule has 0 aliphatic heterocycles. The van der Waals surface area contributed by atoms with Gasteiger partial charge in [0.2, 0.25) is 0 Å². The molecule has 0 spiro atoms. The van der Waals surface area contributed by atoms with Crippen LogP contribution in [0.4, 0.5) is 0 Å². The van der Waals surface area contributed by atoms with Crippen LogP contribution in [0, 0.1) is 0 Å². The Morgan fingerprint density at radius 3 is 1.59 bits per heavy atom. The molecule has 0 unspecified atom stereocenters. The van der Waals surface area contributed by atoms with Crippen molar-refractivity contribution in [3.05, 3.63) is 89.5 Å². The molecule has 0 fully saturated rings. The van der Waals surface area contributed by atoms with E-state index in [1.807, 2.05) is 0 Å². The molecule has 0 radical (unpaired) electrons. The molecule has 1 nitrogen and oxygen atoms in total. The Morgan fingerprint density at radius 2 is 1.19 bits per heavy atom. The average molecular weight is 372 g/mol. The van der Waals surface area contributed by atoms with E-state index >= 15 is 0 Å². The molecule has 0 saturated heterocycles. The summed E-state index contributed by atoms with van der Waals surface area (Å²) >= 11 is 0. The van der Waals surface area contributed by atoms with Gasteiger partial charge in [0, 0.05) is 11.1 Å². The highest BCUT2D eigenvalue weighted by molar-refractivity contribution is 6.78. The lowest BCUT2D eigenvalue weighted by molar-refractivity contribution is 0.510. The van der Waals surface area contributed by atoms with Gasteiger partial charge < -0.3 is 4.98 Å². The fourth-order valence-electron chi connectivity index (χ4n) is 4.63. The van der Waals surface area contributed by atoms with Crippen LogP contribution in [0.25, 0.3) is 16.7 Å². The lowest BCUT2D eigenvalue weighted by Gasteiger charge is -2.36. The second-order valence-corrected chi connectivity index (χ2v) is 13.7. The van der Waals surface area contributed by atoms with Crippen LogP contribution in [0.1, 0.15) is 43.0 Å². The summed E-state index contributed by atoms with van der Waals surface area (Å²) in [4.78, 5) is 3.95. The largest absolute Gasteiger partial charge is 0.332 e. The third-order valence-electron chi connectivity index (χ3n) is 5.60. The highest BCUT2D eigenvalue weighted by atomic mass is 28.3. The van der Waals surface area contributed by atoms with Crippen LogP contribution in [0.15, 0.2) is 67.3 Å². The van der Waals surface area contributed by atoms with Gasteiger partial charge in [0.15, 0.2) is 0 Å². The van der Waals surface area contributed by atoms with Gasteiger partial charge in [-0.05, 0) is 59.7 Å². The summed E-state index contributed by atoms with van der Waals surface area (Å²) in [6, 6.07) is 17.4. The van der Waals surface area contributed by atoms with E-state index in [1.165, 1.54) is 33.4 Å². The molecule has 27 heavy (non-hydrogen) atoms. The summed E-state index contributed by atoms with van der Waals surface area (Å²) in [5.74, 6) is 0. The standard InChI is InChI=1S/C25H29NSi/c1-17-19-11-7-9-13-21(19)23-15-18(27(5,6)26-25(2,3)4)16-24(23)22-14-10-8-12-20(17)22/h7-16,18,26H,1H2,2-6H3. The average Bonchev–Trinajstić information content (AvgIpc) is 3.02. The minimum atomic E-state index is -1.70. The number of hydrogen-bond acceptors (Lipinski definition) is 1. The number of hydrogen-bond donors (Lipinski definition) is 1. The minimum Gasteiger partial charge on any atom is -0.332 e. The van der Waals surface area contributed by atoms with Crippen molar-refractivity contribution in [2.24, 2.45) is 0 Å². The van der Waals surface area contributed by atoms with Gasteiger partial charge >= 0.3 is 0 Å². The number of nitrogens with one attached hydrogen (secondary N) is 1. The zero-order valence-corrected chi connectivity index (χ0v) is 18.1. The van der Waals surface area contributed by atoms with E-state index in [0.717, 1.165) is 5.57 Å². The third-order valence-corrected chi connectivity index (χ3v) is 8.99. The lowest BCUT2D eigenvalue weighted by Crippen LogP contribution is -2.56. The summed E-state index contributed by atoms with van der Waals surface area (Å²) in [5.41, 5.74) is 9.60. The fourth-order valence-corrected chi connectivity index (χ4v) is 7.90. The van der Waals surface area contributed by atoms with Crippen LogP contribution in [-0.4, -0.2) is 13.8 Å². The topological polar surface area (TPSA) is 12.0 Å². The molecule has 0 bridgehead atoms. The molecule has 0 amide bonds. The molecule has 0 heterocycles. The quantitative estimate of drug-likeness (QED) is 0.594. The van der Waals surface area contributed by atoms with Crippen molar-refractivity contribution in [3.63, 3.8) is 0 Å². The first-order valence-corrected chi connectivity index (χ1v) is 12.9. The molecule has 0 aromatic heterocycles. The molecular weight excluding hydrogens is 342 g/mol. The Morgan fingerprint density at radius 1 is 0.778 bits per heavy atom. The zero-order valence-electron chi connectivity index (χ0n) is 17.1. The van der Waals surface area contributed by atoms with Gasteiger partial charge in [-0.3, -0.25) is 0 Å². The molecule has 1 N–H and O–H groups in total. The predicted molar refractivity (Wildman–Crippen MR) is 121 cm³/mol. The van der Waals surface area contributed by atoms with Crippen molar-refractivity contribution in [1.82, 2.24) is 4.98 Å². The second kappa shape index (κ2) is 6.18. The van der Waals surface area contributed by atoms with Crippen LogP contribution in [0.2, 0.25) is 18.6 Å². The van der Waals surface area contributed by atoms with E-state index in [0.29, 0.717) is 5.54 Å². The van der Waals surface area contributed by atoms with Crippen LogP contribution >= 0.6 is 0 Å². The minimum absolute atomic E-state index is 0.126. The Hall–Kier alpha value is -2.16. The monoisotopic (exact) mass is 371 g/mol. The molecule has 138 valence electrons. The first kappa shape index (κ1) is 18.2. The van der Waals surface area contributed by atoms with Crippen LogP contribution in [0.5, 0.6) is 0 Å². The van der Waals surface area contributed by atoms with Crippen LogP contribution in [0.3, 0.4) is 0 Å². The second-order valence-electron chi connectivity index (χ2n) is 9.35. The molecule has 2 heteroatoms. The first-order valence-electron chi connectivity index (χ1n) is 9.79. The smallest absolute Gasteiger partial charge is 0.130 e. The summed E-state index contributed by atoms with van der Waals surface area (Å²) in [5, 5.41) is 0. The third kappa shape index (κ3) is 3.17. The van der Waals surface area contributed by atoms with Crippen molar-refractivity contribution < 1.29 is 0 Å². The lowest BCUT2D eigenvalue weighted by atomic mass is 9.95. The summed E-state index contributed by atoms with van der Waals surface area (Å²) in [7, 11) is -1.70. The highest BCUT2D eigenvalue weighted by Gasteiger charge is 2.38. The highest BCUT2D eigenvalue weighted by Crippen LogP contribution is 2.49. The van der Waals surface area contributed by atoms with Gasteiger partial charge in [0.05, 0.1) is 0 Å². The van der Waals surface area contributed by atoms with E-state index in [4.69, 9.17) is 0 Å². The van der Waals surface area contributed by atoms with Crippen LogP contribution in [-0.2, 0) is 0 Å². The number of benzene rings is 2. The summed E-state index contributed by atoms with van der Waals surface area (Å²) < 4.78 is 0. The maximum atomic E-state index is 4.44. The number of rotatable bonds is 2. The number of fused-ring (bicyclic) bond motifs is 5. The molecular formula is C25H29NSi. The van der Waals surface area contributed by atoms with Crippen molar-refractivity contribution in [2.75, 3.05) is 0 Å². The molecule has 0 saturated carbocycles. The summed E-state index contributed by atoms with van der Waals surface area (Å²) in [6.45, 7) is 16.1. The normalized spacial score (nSPS) is 16.9. The van der Waals surface area contributed by atoms with E-state index in [9.17, 15) is 0 Å². The molecule has 4 rings (SSSR count). The van der Waals surface area contributed by atoms with E-state index in [1.54, 1.807) is 0 Å². The van der Waals surface area contributed by atoms with Crippen molar-refractivity contribution >= 4 is 25.0 Å². The molecule has 2 aromatic carbocycles. The first-order chi connectivity index (χ1) is 12.7. The van der Waals surface area contributed by atoms with Gasteiger partial charge in [-0.2, -0.15) is 0 Å². The SMILES string of the molecule is C=C1c2ccccc2C2=CC([Si](C)(C)NC(C)(C)C)C=C2c2ccccc21. The molecule has 2 aliphatic carbocycles. The molecule has 2 aliphatic rings. The Labute approximate surface area is 164 Å².